The summed E-state index contributed by atoms with van der Waals surface area (Å²) in [5.74, 6) is 0.112. The van der Waals surface area contributed by atoms with Crippen LogP contribution in [-0.4, -0.2) is 30.4 Å². The lowest BCUT2D eigenvalue weighted by Gasteiger charge is -2.13. The molecule has 17 heavy (non-hydrogen) atoms. The second kappa shape index (κ2) is 5.82. The molecule has 0 saturated carbocycles. The van der Waals surface area contributed by atoms with Crippen LogP contribution in [0.4, 0.5) is 5.69 Å². The summed E-state index contributed by atoms with van der Waals surface area (Å²) in [7, 11) is 0. The van der Waals surface area contributed by atoms with Crippen molar-refractivity contribution in [2.24, 2.45) is 0 Å². The number of nitrogens with one attached hydrogen (secondary N) is 1. The van der Waals surface area contributed by atoms with Gasteiger partial charge in [0.2, 0.25) is 5.91 Å². The fourth-order valence-corrected chi connectivity index (χ4v) is 2.13. The summed E-state index contributed by atoms with van der Waals surface area (Å²) in [5.41, 5.74) is 2.10. The fraction of sp³-hybridized carbons (Fsp3) is 0.500. The van der Waals surface area contributed by atoms with E-state index in [0.29, 0.717) is 6.42 Å². The molecule has 0 spiro atoms. The highest BCUT2D eigenvalue weighted by atomic mass is 16.1. The average molecular weight is 232 g/mol. The van der Waals surface area contributed by atoms with Crippen LogP contribution in [-0.2, 0) is 4.79 Å². The first kappa shape index (κ1) is 12.1. The smallest absolute Gasteiger partial charge is 0.225 e. The van der Waals surface area contributed by atoms with Crippen LogP contribution in [0.15, 0.2) is 24.3 Å². The van der Waals surface area contributed by atoms with E-state index in [9.17, 15) is 4.79 Å². The number of anilines is 1. The van der Waals surface area contributed by atoms with E-state index in [1.807, 2.05) is 31.2 Å². The third kappa shape index (κ3) is 3.86. The minimum absolute atomic E-state index is 0.112. The van der Waals surface area contributed by atoms with E-state index in [1.165, 1.54) is 18.4 Å². The molecule has 1 N–H and O–H groups in total. The van der Waals surface area contributed by atoms with Crippen LogP contribution < -0.4 is 5.32 Å². The van der Waals surface area contributed by atoms with Gasteiger partial charge < -0.3 is 10.2 Å². The minimum Gasteiger partial charge on any atom is -0.326 e. The normalized spacial score (nSPS) is 16.1. The highest BCUT2D eigenvalue weighted by Crippen LogP contribution is 2.10. The van der Waals surface area contributed by atoms with Gasteiger partial charge in [0.05, 0.1) is 0 Å². The molecule has 0 radical (unpaired) electrons. The van der Waals surface area contributed by atoms with Crippen molar-refractivity contribution in [3.8, 4) is 0 Å². The van der Waals surface area contributed by atoms with Crippen LogP contribution in [0.3, 0.4) is 0 Å². The lowest BCUT2D eigenvalue weighted by molar-refractivity contribution is -0.116. The Kier molecular flexibility index (Phi) is 4.15. The van der Waals surface area contributed by atoms with Crippen molar-refractivity contribution in [1.82, 2.24) is 4.90 Å². The Balaban J connectivity index is 1.74. The Labute approximate surface area is 103 Å². The maximum absolute atomic E-state index is 11.7. The zero-order valence-corrected chi connectivity index (χ0v) is 10.4. The largest absolute Gasteiger partial charge is 0.326 e. The summed E-state index contributed by atoms with van der Waals surface area (Å²) in [6.07, 6.45) is 3.15. The third-order valence-corrected chi connectivity index (χ3v) is 3.19. The molecule has 0 bridgehead atoms. The number of likely N-dealkylation sites (tertiary alicyclic amines) is 1. The third-order valence-electron chi connectivity index (χ3n) is 3.19. The van der Waals surface area contributed by atoms with Gasteiger partial charge in [0, 0.05) is 18.7 Å². The van der Waals surface area contributed by atoms with E-state index in [-0.39, 0.29) is 5.91 Å². The predicted octanol–water partition coefficient (Wildman–Crippen LogP) is 2.42. The van der Waals surface area contributed by atoms with Gasteiger partial charge in [0.15, 0.2) is 0 Å². The van der Waals surface area contributed by atoms with Crippen molar-refractivity contribution in [3.63, 3.8) is 0 Å². The first-order valence-corrected chi connectivity index (χ1v) is 6.33. The molecule has 0 aliphatic carbocycles. The Morgan fingerprint density at radius 2 is 1.88 bits per heavy atom. The van der Waals surface area contributed by atoms with Crippen LogP contribution in [0.2, 0.25) is 0 Å². The van der Waals surface area contributed by atoms with Gasteiger partial charge in [-0.05, 0) is 45.0 Å². The van der Waals surface area contributed by atoms with Gasteiger partial charge in [-0.25, -0.2) is 0 Å². The van der Waals surface area contributed by atoms with Gasteiger partial charge in [-0.3, -0.25) is 4.79 Å². The summed E-state index contributed by atoms with van der Waals surface area (Å²) < 4.78 is 0. The number of amides is 1. The highest BCUT2D eigenvalue weighted by Gasteiger charge is 2.12. The van der Waals surface area contributed by atoms with Gasteiger partial charge >= 0.3 is 0 Å². The van der Waals surface area contributed by atoms with Crippen LogP contribution >= 0.6 is 0 Å². The van der Waals surface area contributed by atoms with Crippen LogP contribution in [0, 0.1) is 6.92 Å². The lowest BCUT2D eigenvalue weighted by atomic mass is 10.2. The zero-order valence-electron chi connectivity index (χ0n) is 10.4. The Hall–Kier alpha value is -1.35. The van der Waals surface area contributed by atoms with Crippen molar-refractivity contribution in [3.05, 3.63) is 29.8 Å². The van der Waals surface area contributed by atoms with Crippen LogP contribution in [0.1, 0.15) is 24.8 Å². The molecule has 1 fully saturated rings. The Bertz CT molecular complexity index is 366. The monoisotopic (exact) mass is 232 g/mol. The number of hydrogen-bond donors (Lipinski definition) is 1. The zero-order chi connectivity index (χ0) is 12.1. The molecule has 1 heterocycles. The maximum Gasteiger partial charge on any atom is 0.225 e. The fourth-order valence-electron chi connectivity index (χ4n) is 2.13. The van der Waals surface area contributed by atoms with Gasteiger partial charge in [-0.15, -0.1) is 0 Å². The number of carbonyl (C=O) groups is 1. The van der Waals surface area contributed by atoms with Crippen LogP contribution in [0.5, 0.6) is 0 Å². The molecule has 2 rings (SSSR count). The SMILES string of the molecule is Cc1ccc(NC(=O)CCN2CCCC2)cc1. The second-order valence-corrected chi connectivity index (χ2v) is 4.71. The van der Waals surface area contributed by atoms with Crippen LogP contribution in [0.25, 0.3) is 0 Å². The molecule has 0 unspecified atom stereocenters. The topological polar surface area (TPSA) is 32.3 Å². The minimum atomic E-state index is 0.112. The molecule has 1 aliphatic heterocycles. The second-order valence-electron chi connectivity index (χ2n) is 4.71. The maximum atomic E-state index is 11.7. The van der Waals surface area contributed by atoms with E-state index < -0.39 is 0 Å². The van der Waals surface area contributed by atoms with Crippen molar-refractivity contribution < 1.29 is 4.79 Å². The highest BCUT2D eigenvalue weighted by molar-refractivity contribution is 5.90. The van der Waals surface area contributed by atoms with E-state index in [0.717, 1.165) is 25.3 Å². The molecule has 0 atom stereocenters. The predicted molar refractivity (Wildman–Crippen MR) is 70.1 cm³/mol. The standard InChI is InChI=1S/C14H20N2O/c1-12-4-6-13(7-5-12)15-14(17)8-11-16-9-2-3-10-16/h4-7H,2-3,8-11H2,1H3,(H,15,17). The van der Waals surface area contributed by atoms with Gasteiger partial charge in [0.1, 0.15) is 0 Å². The van der Waals surface area contributed by atoms with E-state index >= 15 is 0 Å². The van der Waals surface area contributed by atoms with Gasteiger partial charge in [-0.1, -0.05) is 17.7 Å². The molecule has 0 aromatic heterocycles. The molecule has 1 amide bonds. The van der Waals surface area contributed by atoms with Crippen molar-refractivity contribution in [2.75, 3.05) is 25.0 Å². The molecule has 1 aromatic carbocycles. The molecular formula is C14H20N2O. The first-order valence-electron chi connectivity index (χ1n) is 6.33. The summed E-state index contributed by atoms with van der Waals surface area (Å²) >= 11 is 0. The summed E-state index contributed by atoms with van der Waals surface area (Å²) in [6.45, 7) is 5.23. The number of nitrogens with zero attached hydrogens (tertiary/aromatic N) is 1. The molecule has 92 valence electrons. The number of benzene rings is 1. The van der Waals surface area contributed by atoms with Crippen molar-refractivity contribution in [1.29, 1.82) is 0 Å². The van der Waals surface area contributed by atoms with Crippen molar-refractivity contribution >= 4 is 11.6 Å². The summed E-state index contributed by atoms with van der Waals surface area (Å²) in [6, 6.07) is 7.92. The summed E-state index contributed by atoms with van der Waals surface area (Å²) in [5, 5.41) is 2.93. The molecule has 1 aliphatic rings. The quantitative estimate of drug-likeness (QED) is 0.864. The van der Waals surface area contributed by atoms with Crippen molar-refractivity contribution in [2.45, 2.75) is 26.2 Å². The van der Waals surface area contributed by atoms with Gasteiger partial charge in [0.25, 0.3) is 0 Å². The van der Waals surface area contributed by atoms with E-state index in [2.05, 4.69) is 10.2 Å². The van der Waals surface area contributed by atoms with E-state index in [4.69, 9.17) is 0 Å². The molecule has 3 nitrogen and oxygen atoms in total. The number of rotatable bonds is 4. The number of carbonyl (C=O) groups excluding carboxylic acids is 1. The number of aryl methyl sites for hydroxylation is 1. The Morgan fingerprint density at radius 1 is 1.24 bits per heavy atom. The van der Waals surface area contributed by atoms with Gasteiger partial charge in [-0.2, -0.15) is 0 Å². The number of hydrogen-bond acceptors (Lipinski definition) is 2. The lowest BCUT2D eigenvalue weighted by Crippen LogP contribution is -2.25. The molecular weight excluding hydrogens is 212 g/mol. The molecule has 3 heteroatoms. The average Bonchev–Trinajstić information content (AvgIpc) is 2.83. The molecule has 1 aromatic rings. The Morgan fingerprint density at radius 3 is 2.53 bits per heavy atom. The van der Waals surface area contributed by atoms with E-state index in [1.54, 1.807) is 0 Å². The first-order chi connectivity index (χ1) is 8.24. The summed E-state index contributed by atoms with van der Waals surface area (Å²) in [4.78, 5) is 14.1. The molecule has 1 saturated heterocycles.